The van der Waals surface area contributed by atoms with Crippen LogP contribution in [0, 0.1) is 13.8 Å². The fourth-order valence-corrected chi connectivity index (χ4v) is 4.31. The number of halogens is 1. The lowest BCUT2D eigenvalue weighted by Crippen LogP contribution is -2.39. The van der Waals surface area contributed by atoms with Crippen LogP contribution in [0.3, 0.4) is 0 Å². The monoisotopic (exact) mass is 426 g/mol. The fraction of sp³-hybridized carbons (Fsp3) is 0.455. The largest absolute Gasteiger partial charge is 0.367 e. The molecule has 0 atom stereocenters. The van der Waals surface area contributed by atoms with Gasteiger partial charge in [0.25, 0.3) is 0 Å². The first-order valence-electron chi connectivity index (χ1n) is 10.5. The van der Waals surface area contributed by atoms with Crippen molar-refractivity contribution in [2.75, 3.05) is 5.32 Å². The molecular formula is C22H27ClN6O. The number of hydrogen-bond acceptors (Lipinski definition) is 5. The Bertz CT molecular complexity index is 1070. The maximum absolute atomic E-state index is 11.7. The van der Waals surface area contributed by atoms with Crippen LogP contribution in [-0.4, -0.2) is 37.7 Å². The molecule has 0 bridgehead atoms. The van der Waals surface area contributed by atoms with Crippen LogP contribution in [0.25, 0.3) is 16.7 Å². The fourth-order valence-electron chi connectivity index (χ4n) is 4.09. The van der Waals surface area contributed by atoms with Crippen LogP contribution in [-0.2, 0) is 4.79 Å². The number of anilines is 1. The van der Waals surface area contributed by atoms with Gasteiger partial charge < -0.3 is 10.6 Å². The minimum atomic E-state index is 0.127. The van der Waals surface area contributed by atoms with Crippen molar-refractivity contribution in [3.05, 3.63) is 40.8 Å². The molecule has 1 amide bonds. The summed E-state index contributed by atoms with van der Waals surface area (Å²) in [6, 6.07) is 8.20. The van der Waals surface area contributed by atoms with E-state index in [-0.39, 0.29) is 11.9 Å². The van der Waals surface area contributed by atoms with Crippen LogP contribution in [0.5, 0.6) is 0 Å². The molecule has 1 fully saturated rings. The summed E-state index contributed by atoms with van der Waals surface area (Å²) in [5.74, 6) is 1.62. The Morgan fingerprint density at radius 1 is 1.13 bits per heavy atom. The van der Waals surface area contributed by atoms with Gasteiger partial charge in [0.1, 0.15) is 11.6 Å². The second-order valence-corrected chi connectivity index (χ2v) is 8.29. The lowest BCUT2D eigenvalue weighted by atomic mass is 9.91. The van der Waals surface area contributed by atoms with Crippen LogP contribution >= 0.6 is 11.6 Å². The van der Waals surface area contributed by atoms with Crippen LogP contribution in [0.15, 0.2) is 24.3 Å². The molecule has 0 radical (unpaired) electrons. The molecule has 7 nitrogen and oxygen atoms in total. The average Bonchev–Trinajstić information content (AvgIpc) is 3.05. The molecule has 3 aromatic rings. The van der Waals surface area contributed by atoms with Gasteiger partial charge in [0.2, 0.25) is 5.91 Å². The number of aryl methyl sites for hydroxylation is 2. The molecule has 2 N–H and O–H groups in total. The minimum Gasteiger partial charge on any atom is -0.367 e. The van der Waals surface area contributed by atoms with Gasteiger partial charge >= 0.3 is 0 Å². The number of rotatable bonds is 5. The highest BCUT2D eigenvalue weighted by Gasteiger charge is 2.24. The molecule has 1 aliphatic carbocycles. The average molecular weight is 427 g/mol. The first-order chi connectivity index (χ1) is 14.5. The Labute approximate surface area is 181 Å². The number of nitrogens with zero attached hydrogens (tertiary/aromatic N) is 4. The van der Waals surface area contributed by atoms with E-state index >= 15 is 0 Å². The van der Waals surface area contributed by atoms with Crippen molar-refractivity contribution in [1.82, 2.24) is 25.1 Å². The summed E-state index contributed by atoms with van der Waals surface area (Å²) in [6.45, 7) is 5.74. The number of carbonyl (C=O) groups is 1. The third-order valence-corrected chi connectivity index (χ3v) is 5.97. The quantitative estimate of drug-likeness (QED) is 0.634. The van der Waals surface area contributed by atoms with E-state index in [4.69, 9.17) is 16.7 Å². The van der Waals surface area contributed by atoms with Crippen molar-refractivity contribution < 1.29 is 4.79 Å². The topological polar surface area (TPSA) is 84.7 Å². The van der Waals surface area contributed by atoms with E-state index in [9.17, 15) is 4.79 Å². The van der Waals surface area contributed by atoms with E-state index in [1.165, 1.54) is 0 Å². The zero-order valence-corrected chi connectivity index (χ0v) is 18.3. The SMILES string of the molecule is CCC(=O)NC1CCC(Nc2nc(C)nc3c2c(C)nn3-c2ccccc2Cl)CC1. The van der Waals surface area contributed by atoms with Gasteiger partial charge in [-0.05, 0) is 51.7 Å². The van der Waals surface area contributed by atoms with Crippen molar-refractivity contribution in [3.63, 3.8) is 0 Å². The van der Waals surface area contributed by atoms with Crippen LogP contribution < -0.4 is 10.6 Å². The molecule has 1 aromatic carbocycles. The minimum absolute atomic E-state index is 0.127. The molecule has 0 spiro atoms. The molecule has 1 saturated carbocycles. The third-order valence-electron chi connectivity index (χ3n) is 5.65. The van der Waals surface area contributed by atoms with Crippen molar-refractivity contribution in [1.29, 1.82) is 0 Å². The Morgan fingerprint density at radius 2 is 1.83 bits per heavy atom. The molecule has 158 valence electrons. The number of hydrogen-bond donors (Lipinski definition) is 2. The standard InChI is InChI=1S/C22H27ClN6O/c1-4-19(30)26-15-9-11-16(12-10-15)27-21-20-13(2)28-29(22(20)25-14(3)24-21)18-8-6-5-7-17(18)23/h5-8,15-16H,4,9-12H2,1-3H3,(H,26,30)(H,24,25,27). The lowest BCUT2D eigenvalue weighted by molar-refractivity contribution is -0.121. The summed E-state index contributed by atoms with van der Waals surface area (Å²) in [7, 11) is 0. The van der Waals surface area contributed by atoms with Gasteiger partial charge in [-0.3, -0.25) is 4.79 Å². The van der Waals surface area contributed by atoms with Gasteiger partial charge in [0, 0.05) is 18.5 Å². The number of amides is 1. The van der Waals surface area contributed by atoms with Crippen molar-refractivity contribution in [3.8, 4) is 5.69 Å². The highest BCUT2D eigenvalue weighted by Crippen LogP contribution is 2.31. The zero-order chi connectivity index (χ0) is 21.3. The van der Waals surface area contributed by atoms with Crippen molar-refractivity contribution in [2.24, 2.45) is 0 Å². The van der Waals surface area contributed by atoms with Crippen LogP contribution in [0.1, 0.15) is 50.5 Å². The molecule has 0 saturated heterocycles. The van der Waals surface area contributed by atoms with Crippen molar-refractivity contribution >= 4 is 34.4 Å². The predicted molar refractivity (Wildman–Crippen MR) is 119 cm³/mol. The Morgan fingerprint density at radius 3 is 2.53 bits per heavy atom. The molecule has 0 aliphatic heterocycles. The first kappa shape index (κ1) is 20.6. The van der Waals surface area contributed by atoms with Crippen molar-refractivity contribution in [2.45, 2.75) is 65.0 Å². The van der Waals surface area contributed by atoms with Crippen LogP contribution in [0.2, 0.25) is 5.02 Å². The summed E-state index contributed by atoms with van der Waals surface area (Å²) in [5, 5.41) is 13.0. The van der Waals surface area contributed by atoms with E-state index in [1.54, 1.807) is 4.68 Å². The Hall–Kier alpha value is -2.67. The van der Waals surface area contributed by atoms with Gasteiger partial charge in [-0.2, -0.15) is 5.10 Å². The van der Waals surface area contributed by atoms with E-state index in [1.807, 2.05) is 45.0 Å². The van der Waals surface area contributed by atoms with Crippen LogP contribution in [0.4, 0.5) is 5.82 Å². The van der Waals surface area contributed by atoms with Gasteiger partial charge in [-0.25, -0.2) is 14.6 Å². The molecule has 8 heteroatoms. The highest BCUT2D eigenvalue weighted by molar-refractivity contribution is 6.32. The molecule has 2 aromatic heterocycles. The zero-order valence-electron chi connectivity index (χ0n) is 17.6. The molecule has 0 unspecified atom stereocenters. The number of para-hydroxylation sites is 1. The van der Waals surface area contributed by atoms with E-state index in [0.29, 0.717) is 23.3 Å². The maximum Gasteiger partial charge on any atom is 0.219 e. The smallest absolute Gasteiger partial charge is 0.219 e. The number of nitrogens with one attached hydrogen (secondary N) is 2. The Balaban J connectivity index is 1.60. The first-order valence-corrected chi connectivity index (χ1v) is 10.9. The molecular weight excluding hydrogens is 400 g/mol. The predicted octanol–water partition coefficient (Wildman–Crippen LogP) is 4.34. The molecule has 30 heavy (non-hydrogen) atoms. The third kappa shape index (κ3) is 4.12. The highest BCUT2D eigenvalue weighted by atomic mass is 35.5. The summed E-state index contributed by atoms with van der Waals surface area (Å²) >= 11 is 6.41. The van der Waals surface area contributed by atoms with E-state index in [2.05, 4.69) is 20.6 Å². The second kappa shape index (κ2) is 8.60. The van der Waals surface area contributed by atoms with Gasteiger partial charge in [0.05, 0.1) is 21.8 Å². The number of fused-ring (bicyclic) bond motifs is 1. The number of carbonyl (C=O) groups excluding carboxylic acids is 1. The molecule has 4 rings (SSSR count). The normalized spacial score (nSPS) is 19.1. The molecule has 1 aliphatic rings. The summed E-state index contributed by atoms with van der Waals surface area (Å²) in [5.41, 5.74) is 2.41. The second-order valence-electron chi connectivity index (χ2n) is 7.88. The number of benzene rings is 1. The lowest BCUT2D eigenvalue weighted by Gasteiger charge is -2.30. The van der Waals surface area contributed by atoms with Gasteiger partial charge in [0.15, 0.2) is 5.65 Å². The number of aromatic nitrogens is 4. The van der Waals surface area contributed by atoms with E-state index in [0.717, 1.165) is 53.9 Å². The summed E-state index contributed by atoms with van der Waals surface area (Å²) in [4.78, 5) is 21.0. The summed E-state index contributed by atoms with van der Waals surface area (Å²) in [6.07, 6.45) is 4.43. The Kier molecular flexibility index (Phi) is 5.90. The molecule has 2 heterocycles. The van der Waals surface area contributed by atoms with E-state index < -0.39 is 0 Å². The van der Waals surface area contributed by atoms with Gasteiger partial charge in [-0.15, -0.1) is 0 Å². The van der Waals surface area contributed by atoms with Gasteiger partial charge in [-0.1, -0.05) is 30.7 Å². The maximum atomic E-state index is 11.7. The summed E-state index contributed by atoms with van der Waals surface area (Å²) < 4.78 is 1.80.